The third-order valence-electron chi connectivity index (χ3n) is 5.54. The Morgan fingerprint density at radius 2 is 1.67 bits per heavy atom. The van der Waals surface area contributed by atoms with Crippen LogP contribution in [0.15, 0.2) is 67.0 Å². The molecule has 2 heterocycles. The summed E-state index contributed by atoms with van der Waals surface area (Å²) in [6.07, 6.45) is 4.50. The number of nitrogens with one attached hydrogen (secondary N) is 1. The first-order valence-electron chi connectivity index (χ1n) is 10.8. The predicted molar refractivity (Wildman–Crippen MR) is 128 cm³/mol. The third kappa shape index (κ3) is 4.62. The van der Waals surface area contributed by atoms with Gasteiger partial charge in [-0.3, -0.25) is 4.79 Å². The molecular formula is C26H28N4O3. The highest BCUT2D eigenvalue weighted by molar-refractivity contribution is 5.98. The summed E-state index contributed by atoms with van der Waals surface area (Å²) in [5.41, 5.74) is 4.34. The Hall–Kier alpha value is -4.00. The van der Waals surface area contributed by atoms with Gasteiger partial charge in [0, 0.05) is 18.9 Å². The highest BCUT2D eigenvalue weighted by atomic mass is 16.5. The van der Waals surface area contributed by atoms with Gasteiger partial charge in [0.2, 0.25) is 0 Å². The largest absolute Gasteiger partial charge is 0.493 e. The van der Waals surface area contributed by atoms with E-state index in [9.17, 15) is 4.79 Å². The summed E-state index contributed by atoms with van der Waals surface area (Å²) in [7, 11) is 3.22. The van der Waals surface area contributed by atoms with E-state index < -0.39 is 0 Å². The van der Waals surface area contributed by atoms with E-state index in [1.54, 1.807) is 14.2 Å². The number of aromatic nitrogens is 3. The van der Waals surface area contributed by atoms with Gasteiger partial charge >= 0.3 is 0 Å². The molecular weight excluding hydrogens is 416 g/mol. The van der Waals surface area contributed by atoms with Crippen molar-refractivity contribution in [1.82, 2.24) is 19.7 Å². The Kier molecular flexibility index (Phi) is 6.49. The Balaban J connectivity index is 1.58. The first-order valence-corrected chi connectivity index (χ1v) is 10.8. The molecule has 0 bridgehead atoms. The number of nitrogens with zero attached hydrogens (tertiary/aromatic N) is 3. The fraction of sp³-hybridized carbons (Fsp3) is 0.231. The molecule has 7 heteroatoms. The minimum Gasteiger partial charge on any atom is -0.493 e. The van der Waals surface area contributed by atoms with E-state index >= 15 is 0 Å². The number of aryl methyl sites for hydroxylation is 2. The molecule has 4 rings (SSSR count). The molecule has 170 valence electrons. The van der Waals surface area contributed by atoms with Crippen LogP contribution in [0, 0.1) is 13.8 Å². The summed E-state index contributed by atoms with van der Waals surface area (Å²) in [4.78, 5) is 13.3. The zero-order chi connectivity index (χ0) is 23.4. The topological polar surface area (TPSA) is 70.3 Å². The zero-order valence-corrected chi connectivity index (χ0v) is 19.3. The standard InChI is InChI=1S/C26H28N4O3/c1-18-7-10-21(11-8-18)30-26(29-15-5-6-16-29)24(19(2)28-30)25(31)27-14-13-20-9-12-22(32-3)23(17-20)33-4/h5-12,15-17H,13-14H2,1-4H3,(H,27,31). The van der Waals surface area contributed by atoms with E-state index in [1.165, 1.54) is 5.56 Å². The number of ether oxygens (including phenoxy) is 2. The minimum absolute atomic E-state index is 0.157. The number of carbonyl (C=O) groups is 1. The number of methoxy groups -OCH3 is 2. The average Bonchev–Trinajstić information content (AvgIpc) is 3.47. The smallest absolute Gasteiger partial charge is 0.257 e. The molecule has 4 aromatic rings. The van der Waals surface area contributed by atoms with Crippen LogP contribution in [0.2, 0.25) is 0 Å². The van der Waals surface area contributed by atoms with Gasteiger partial charge in [0.15, 0.2) is 17.3 Å². The molecule has 0 saturated heterocycles. The summed E-state index contributed by atoms with van der Waals surface area (Å²) in [6, 6.07) is 17.7. The minimum atomic E-state index is -0.157. The normalized spacial score (nSPS) is 10.8. The van der Waals surface area contributed by atoms with Crippen molar-refractivity contribution in [2.45, 2.75) is 20.3 Å². The molecule has 33 heavy (non-hydrogen) atoms. The van der Waals surface area contributed by atoms with Gasteiger partial charge in [-0.15, -0.1) is 0 Å². The molecule has 0 radical (unpaired) electrons. The average molecular weight is 445 g/mol. The second-order valence-electron chi connectivity index (χ2n) is 7.82. The van der Waals surface area contributed by atoms with Crippen molar-refractivity contribution in [3.05, 3.63) is 89.4 Å². The van der Waals surface area contributed by atoms with Crippen LogP contribution in [0.1, 0.15) is 27.2 Å². The van der Waals surface area contributed by atoms with Gasteiger partial charge in [0.1, 0.15) is 5.56 Å². The van der Waals surface area contributed by atoms with Crippen LogP contribution in [0.3, 0.4) is 0 Å². The Bertz CT molecular complexity index is 1240. The molecule has 0 fully saturated rings. The summed E-state index contributed by atoms with van der Waals surface area (Å²) in [5.74, 6) is 1.91. The van der Waals surface area contributed by atoms with E-state index in [1.807, 2.05) is 90.1 Å². The highest BCUT2D eigenvalue weighted by Gasteiger charge is 2.23. The number of carbonyl (C=O) groups excluding carboxylic acids is 1. The van der Waals surface area contributed by atoms with Gasteiger partial charge in [0.05, 0.1) is 25.6 Å². The van der Waals surface area contributed by atoms with Gasteiger partial charge in [-0.05, 0) is 62.2 Å². The second kappa shape index (κ2) is 9.65. The Morgan fingerprint density at radius 1 is 0.970 bits per heavy atom. The maximum atomic E-state index is 13.3. The lowest BCUT2D eigenvalue weighted by molar-refractivity contribution is 0.0953. The molecule has 0 atom stereocenters. The lowest BCUT2D eigenvalue weighted by Gasteiger charge is -2.12. The van der Waals surface area contributed by atoms with Crippen LogP contribution in [-0.4, -0.2) is 41.0 Å². The molecule has 0 spiro atoms. The third-order valence-corrected chi connectivity index (χ3v) is 5.54. The first kappa shape index (κ1) is 22.2. The molecule has 1 N–H and O–H groups in total. The van der Waals surface area contributed by atoms with Crippen LogP contribution in [0.5, 0.6) is 11.5 Å². The fourth-order valence-electron chi connectivity index (χ4n) is 3.81. The molecule has 1 amide bonds. The van der Waals surface area contributed by atoms with E-state index in [4.69, 9.17) is 14.6 Å². The number of amides is 1. The first-order chi connectivity index (χ1) is 16.0. The van der Waals surface area contributed by atoms with Crippen molar-refractivity contribution in [3.63, 3.8) is 0 Å². The van der Waals surface area contributed by atoms with Crippen LogP contribution in [0.4, 0.5) is 0 Å². The predicted octanol–water partition coefficient (Wildman–Crippen LogP) is 4.27. The summed E-state index contributed by atoms with van der Waals surface area (Å²) < 4.78 is 14.4. The van der Waals surface area contributed by atoms with Crippen LogP contribution in [-0.2, 0) is 6.42 Å². The number of benzene rings is 2. The summed E-state index contributed by atoms with van der Waals surface area (Å²) in [5, 5.41) is 7.75. The lowest BCUT2D eigenvalue weighted by Crippen LogP contribution is -2.27. The SMILES string of the molecule is COc1ccc(CCNC(=O)c2c(C)nn(-c3ccc(C)cc3)c2-n2cccc2)cc1OC. The van der Waals surface area contributed by atoms with Gasteiger partial charge in [0.25, 0.3) is 5.91 Å². The molecule has 0 aliphatic carbocycles. The van der Waals surface area contributed by atoms with Gasteiger partial charge in [-0.2, -0.15) is 5.10 Å². The molecule has 0 unspecified atom stereocenters. The van der Waals surface area contributed by atoms with Crippen molar-refractivity contribution in [2.24, 2.45) is 0 Å². The van der Waals surface area contributed by atoms with Crippen LogP contribution >= 0.6 is 0 Å². The van der Waals surface area contributed by atoms with Crippen molar-refractivity contribution in [3.8, 4) is 23.0 Å². The molecule has 0 aliphatic heterocycles. The summed E-state index contributed by atoms with van der Waals surface area (Å²) >= 11 is 0. The van der Waals surface area contributed by atoms with E-state index in [0.717, 1.165) is 11.3 Å². The van der Waals surface area contributed by atoms with Crippen molar-refractivity contribution < 1.29 is 14.3 Å². The molecule has 2 aromatic heterocycles. The fourth-order valence-corrected chi connectivity index (χ4v) is 3.81. The number of rotatable bonds is 8. The second-order valence-corrected chi connectivity index (χ2v) is 7.82. The lowest BCUT2D eigenvalue weighted by atomic mass is 10.1. The maximum Gasteiger partial charge on any atom is 0.257 e. The Labute approximate surface area is 193 Å². The Morgan fingerprint density at radius 3 is 2.33 bits per heavy atom. The van der Waals surface area contributed by atoms with E-state index in [-0.39, 0.29) is 5.91 Å². The molecule has 0 saturated carbocycles. The maximum absolute atomic E-state index is 13.3. The van der Waals surface area contributed by atoms with Gasteiger partial charge in [-0.1, -0.05) is 23.8 Å². The zero-order valence-electron chi connectivity index (χ0n) is 19.3. The van der Waals surface area contributed by atoms with Crippen LogP contribution in [0.25, 0.3) is 11.5 Å². The highest BCUT2D eigenvalue weighted by Crippen LogP contribution is 2.28. The quantitative estimate of drug-likeness (QED) is 0.441. The van der Waals surface area contributed by atoms with Crippen molar-refractivity contribution in [1.29, 1.82) is 0 Å². The monoisotopic (exact) mass is 444 g/mol. The van der Waals surface area contributed by atoms with E-state index in [2.05, 4.69) is 5.32 Å². The van der Waals surface area contributed by atoms with Crippen molar-refractivity contribution in [2.75, 3.05) is 20.8 Å². The van der Waals surface area contributed by atoms with Crippen LogP contribution < -0.4 is 14.8 Å². The number of hydrogen-bond acceptors (Lipinski definition) is 4. The van der Waals surface area contributed by atoms with Gasteiger partial charge in [-0.25, -0.2) is 4.68 Å². The van der Waals surface area contributed by atoms with Gasteiger partial charge < -0.3 is 19.4 Å². The number of hydrogen-bond donors (Lipinski definition) is 1. The molecule has 0 aliphatic rings. The molecule has 2 aromatic carbocycles. The molecule has 7 nitrogen and oxygen atoms in total. The van der Waals surface area contributed by atoms with Crippen molar-refractivity contribution >= 4 is 5.91 Å². The summed E-state index contributed by atoms with van der Waals surface area (Å²) in [6.45, 7) is 4.39. The van der Waals surface area contributed by atoms with E-state index in [0.29, 0.717) is 41.5 Å².